The van der Waals surface area contributed by atoms with Gasteiger partial charge >= 0.3 is 0 Å². The second-order valence-electron chi connectivity index (χ2n) is 1.52. The van der Waals surface area contributed by atoms with Gasteiger partial charge in [-0.05, 0) is 0 Å². The fourth-order valence-corrected chi connectivity index (χ4v) is 0.429. The molecular weight excluding hydrogens is 78.0 g/mol. The molecule has 0 saturated carbocycles. The van der Waals surface area contributed by atoms with Gasteiger partial charge in [-0.1, -0.05) is 0 Å². The smallest absolute Gasteiger partial charge is 0.0819 e. The van der Waals surface area contributed by atoms with Crippen molar-refractivity contribution in [3.63, 3.8) is 0 Å². The van der Waals surface area contributed by atoms with E-state index in [4.69, 9.17) is 4.74 Å². The standard InChI is InChI=1S/C4H9NO.H2/c1-6-4-2-5-3-4;/h4-5H,2-3H2,1H3;1H. The molecule has 0 radical (unpaired) electrons. The van der Waals surface area contributed by atoms with E-state index < -0.39 is 0 Å². The lowest BCUT2D eigenvalue weighted by Crippen LogP contribution is -2.47. The summed E-state index contributed by atoms with van der Waals surface area (Å²) in [6.45, 7) is 2.08. The fourth-order valence-electron chi connectivity index (χ4n) is 0.429. The molecule has 38 valence electrons. The first-order valence-electron chi connectivity index (χ1n) is 2.17. The zero-order valence-electron chi connectivity index (χ0n) is 3.90. The third-order valence-electron chi connectivity index (χ3n) is 1.08. The monoisotopic (exact) mass is 89.1 g/mol. The number of ether oxygens (including phenoxy) is 1. The van der Waals surface area contributed by atoms with Gasteiger partial charge in [-0.15, -0.1) is 0 Å². The number of rotatable bonds is 1. The Morgan fingerprint density at radius 2 is 2.50 bits per heavy atom. The van der Waals surface area contributed by atoms with Gasteiger partial charge in [0.15, 0.2) is 0 Å². The molecule has 1 aliphatic rings. The molecule has 6 heavy (non-hydrogen) atoms. The molecule has 0 aliphatic carbocycles. The lowest BCUT2D eigenvalue weighted by molar-refractivity contribution is 0.0600. The molecule has 0 aromatic carbocycles. The summed E-state index contributed by atoms with van der Waals surface area (Å²) in [5, 5.41) is 3.09. The van der Waals surface area contributed by atoms with Crippen molar-refractivity contribution < 1.29 is 6.16 Å². The molecule has 2 heteroatoms. The van der Waals surface area contributed by atoms with Gasteiger partial charge in [0, 0.05) is 21.6 Å². The first-order valence-corrected chi connectivity index (χ1v) is 2.17. The molecule has 0 spiro atoms. The largest absolute Gasteiger partial charge is 0.379 e. The van der Waals surface area contributed by atoms with Gasteiger partial charge in [-0.3, -0.25) is 0 Å². The highest BCUT2D eigenvalue weighted by Crippen LogP contribution is 1.92. The normalized spacial score (nSPS) is 23.5. The van der Waals surface area contributed by atoms with E-state index in [0.717, 1.165) is 13.1 Å². The van der Waals surface area contributed by atoms with E-state index in [1.54, 1.807) is 7.11 Å². The van der Waals surface area contributed by atoms with Crippen LogP contribution in [0.1, 0.15) is 1.43 Å². The minimum absolute atomic E-state index is 0. The van der Waals surface area contributed by atoms with Crippen molar-refractivity contribution in [3.05, 3.63) is 0 Å². The molecule has 1 rings (SSSR count). The summed E-state index contributed by atoms with van der Waals surface area (Å²) in [6.07, 6.45) is 0.505. The second kappa shape index (κ2) is 1.58. The molecule has 0 atom stereocenters. The minimum Gasteiger partial charge on any atom is -0.379 e. The lowest BCUT2D eigenvalue weighted by Gasteiger charge is -2.24. The average Bonchev–Trinajstić information content (AvgIpc) is 1.31. The molecular formula is C4H11NO. The van der Waals surface area contributed by atoms with Gasteiger partial charge < -0.3 is 10.1 Å². The van der Waals surface area contributed by atoms with Gasteiger partial charge in [-0.25, -0.2) is 0 Å². The third kappa shape index (κ3) is 0.533. The number of hydrogen-bond donors (Lipinski definition) is 1. The maximum atomic E-state index is 4.92. The Morgan fingerprint density at radius 1 is 1.83 bits per heavy atom. The summed E-state index contributed by atoms with van der Waals surface area (Å²) in [7, 11) is 1.74. The van der Waals surface area contributed by atoms with Crippen molar-refractivity contribution in [2.75, 3.05) is 20.2 Å². The van der Waals surface area contributed by atoms with E-state index in [-0.39, 0.29) is 1.43 Å². The Hall–Kier alpha value is -0.0800. The van der Waals surface area contributed by atoms with Crippen LogP contribution in [0.3, 0.4) is 0 Å². The Kier molecular flexibility index (Phi) is 1.08. The summed E-state index contributed by atoms with van der Waals surface area (Å²) in [6, 6.07) is 0. The molecule has 0 bridgehead atoms. The predicted octanol–water partition coefficient (Wildman–Crippen LogP) is -0.149. The SMILES string of the molecule is COC1CNC1.[HH]. The highest BCUT2D eigenvalue weighted by atomic mass is 16.5. The molecule has 2 nitrogen and oxygen atoms in total. The van der Waals surface area contributed by atoms with E-state index in [2.05, 4.69) is 5.32 Å². The van der Waals surface area contributed by atoms with Crippen LogP contribution in [0, 0.1) is 0 Å². The summed E-state index contributed by atoms with van der Waals surface area (Å²) >= 11 is 0. The van der Waals surface area contributed by atoms with Crippen LogP contribution in [0.15, 0.2) is 0 Å². The summed E-state index contributed by atoms with van der Waals surface area (Å²) in [5.74, 6) is 0. The summed E-state index contributed by atoms with van der Waals surface area (Å²) in [5.41, 5.74) is 0. The maximum Gasteiger partial charge on any atom is 0.0819 e. The van der Waals surface area contributed by atoms with Crippen molar-refractivity contribution in [2.45, 2.75) is 6.10 Å². The summed E-state index contributed by atoms with van der Waals surface area (Å²) in [4.78, 5) is 0. The lowest BCUT2D eigenvalue weighted by atomic mass is 10.2. The molecule has 0 amide bonds. The number of hydrogen-bond acceptors (Lipinski definition) is 2. The Morgan fingerprint density at radius 3 is 2.50 bits per heavy atom. The second-order valence-corrected chi connectivity index (χ2v) is 1.52. The molecule has 0 aromatic heterocycles. The molecule has 1 fully saturated rings. The van der Waals surface area contributed by atoms with Gasteiger partial charge in [0.2, 0.25) is 0 Å². The topological polar surface area (TPSA) is 21.3 Å². The zero-order chi connectivity index (χ0) is 4.41. The molecule has 1 N–H and O–H groups in total. The van der Waals surface area contributed by atoms with Crippen LogP contribution in [-0.4, -0.2) is 26.3 Å². The van der Waals surface area contributed by atoms with Crippen LogP contribution < -0.4 is 5.32 Å². The molecule has 0 aromatic rings. The quantitative estimate of drug-likeness (QED) is 0.482. The predicted molar refractivity (Wildman–Crippen MR) is 25.8 cm³/mol. The van der Waals surface area contributed by atoms with E-state index in [1.165, 1.54) is 0 Å². The van der Waals surface area contributed by atoms with Gasteiger partial charge in [0.1, 0.15) is 0 Å². The molecule has 1 saturated heterocycles. The van der Waals surface area contributed by atoms with Crippen molar-refractivity contribution >= 4 is 0 Å². The molecule has 1 heterocycles. The maximum absolute atomic E-state index is 4.92. The minimum atomic E-state index is 0. The van der Waals surface area contributed by atoms with Crippen LogP contribution in [-0.2, 0) is 4.74 Å². The third-order valence-corrected chi connectivity index (χ3v) is 1.08. The van der Waals surface area contributed by atoms with E-state index in [1.807, 2.05) is 0 Å². The van der Waals surface area contributed by atoms with Crippen molar-refractivity contribution in [1.29, 1.82) is 0 Å². The zero-order valence-corrected chi connectivity index (χ0v) is 3.90. The van der Waals surface area contributed by atoms with Crippen LogP contribution in [0.2, 0.25) is 0 Å². The van der Waals surface area contributed by atoms with Gasteiger partial charge in [0.25, 0.3) is 0 Å². The van der Waals surface area contributed by atoms with Gasteiger partial charge in [-0.2, -0.15) is 0 Å². The van der Waals surface area contributed by atoms with Crippen LogP contribution >= 0.6 is 0 Å². The fraction of sp³-hybridized carbons (Fsp3) is 1.00. The van der Waals surface area contributed by atoms with Crippen LogP contribution in [0.4, 0.5) is 0 Å². The van der Waals surface area contributed by atoms with Crippen molar-refractivity contribution in [1.82, 2.24) is 5.32 Å². The Labute approximate surface area is 39.0 Å². The first kappa shape index (κ1) is 4.09. The highest BCUT2D eigenvalue weighted by molar-refractivity contribution is 4.73. The Bertz CT molecular complexity index is 44.2. The van der Waals surface area contributed by atoms with Crippen molar-refractivity contribution in [3.8, 4) is 0 Å². The van der Waals surface area contributed by atoms with E-state index >= 15 is 0 Å². The number of methoxy groups -OCH3 is 1. The Balaban J connectivity index is 0.000000360. The average molecular weight is 89.1 g/mol. The number of nitrogens with one attached hydrogen (secondary N) is 1. The molecule has 0 unspecified atom stereocenters. The molecule has 1 aliphatic heterocycles. The summed E-state index contributed by atoms with van der Waals surface area (Å²) < 4.78 is 4.92. The van der Waals surface area contributed by atoms with Crippen molar-refractivity contribution in [2.24, 2.45) is 0 Å². The van der Waals surface area contributed by atoms with Crippen LogP contribution in [0.5, 0.6) is 0 Å². The van der Waals surface area contributed by atoms with E-state index in [9.17, 15) is 0 Å². The van der Waals surface area contributed by atoms with Crippen LogP contribution in [0.25, 0.3) is 0 Å². The highest BCUT2D eigenvalue weighted by Gasteiger charge is 2.13. The first-order chi connectivity index (χ1) is 2.93. The van der Waals surface area contributed by atoms with Gasteiger partial charge in [0.05, 0.1) is 6.10 Å². The van der Waals surface area contributed by atoms with E-state index in [0.29, 0.717) is 6.10 Å².